The van der Waals surface area contributed by atoms with Crippen LogP contribution in [0.5, 0.6) is 5.75 Å². The molecule has 1 N–H and O–H groups in total. The Balaban J connectivity index is 2.76. The van der Waals surface area contributed by atoms with E-state index in [1.165, 1.54) is 0 Å². The summed E-state index contributed by atoms with van der Waals surface area (Å²) in [6.45, 7) is 7.41. The number of nitrogens with zero attached hydrogens (tertiary/aromatic N) is 1. The van der Waals surface area contributed by atoms with Gasteiger partial charge in [0.2, 0.25) is 5.91 Å². The van der Waals surface area contributed by atoms with Crippen LogP contribution in [0.3, 0.4) is 0 Å². The van der Waals surface area contributed by atoms with E-state index in [1.54, 1.807) is 13.2 Å². The van der Waals surface area contributed by atoms with Gasteiger partial charge in [-0.3, -0.25) is 14.5 Å². The van der Waals surface area contributed by atoms with E-state index in [4.69, 9.17) is 4.74 Å². The number of carbonyl (C=O) groups excluding carboxylic acids is 2. The molecule has 0 aliphatic rings. The summed E-state index contributed by atoms with van der Waals surface area (Å²) in [5.41, 5.74) is 1.59. The van der Waals surface area contributed by atoms with Crippen molar-refractivity contribution < 1.29 is 14.3 Å². The van der Waals surface area contributed by atoms with Gasteiger partial charge in [0.25, 0.3) is 0 Å². The van der Waals surface area contributed by atoms with Crippen LogP contribution in [0.4, 0.5) is 0 Å². The molecule has 5 nitrogen and oxygen atoms in total. The molecule has 0 spiro atoms. The van der Waals surface area contributed by atoms with Crippen LogP contribution in [0, 0.1) is 6.92 Å². The van der Waals surface area contributed by atoms with Gasteiger partial charge in [-0.25, -0.2) is 0 Å². The number of likely N-dealkylation sites (N-methyl/N-ethyl adjacent to an activating group) is 2. The molecular formula is C16H24N2O3. The van der Waals surface area contributed by atoms with Gasteiger partial charge >= 0.3 is 0 Å². The molecule has 0 fully saturated rings. The molecular weight excluding hydrogens is 268 g/mol. The van der Waals surface area contributed by atoms with Gasteiger partial charge < -0.3 is 10.1 Å². The van der Waals surface area contributed by atoms with Crippen molar-refractivity contribution in [1.29, 1.82) is 0 Å². The number of rotatable bonds is 8. The summed E-state index contributed by atoms with van der Waals surface area (Å²) < 4.78 is 5.26. The summed E-state index contributed by atoms with van der Waals surface area (Å²) in [7, 11) is 1.55. The molecule has 116 valence electrons. The highest BCUT2D eigenvalue weighted by Gasteiger charge is 2.17. The highest BCUT2D eigenvalue weighted by atomic mass is 16.5. The van der Waals surface area contributed by atoms with Gasteiger partial charge in [-0.05, 0) is 38.1 Å². The van der Waals surface area contributed by atoms with Crippen molar-refractivity contribution in [3.8, 4) is 5.75 Å². The first-order chi connectivity index (χ1) is 10.0. The summed E-state index contributed by atoms with van der Waals surface area (Å²) >= 11 is 0. The van der Waals surface area contributed by atoms with Crippen molar-refractivity contribution in [2.45, 2.75) is 20.8 Å². The largest absolute Gasteiger partial charge is 0.496 e. The zero-order valence-corrected chi connectivity index (χ0v) is 13.2. The summed E-state index contributed by atoms with van der Waals surface area (Å²) in [4.78, 5) is 25.8. The molecule has 1 aromatic rings. The number of hydrogen-bond acceptors (Lipinski definition) is 4. The van der Waals surface area contributed by atoms with Crippen molar-refractivity contribution in [1.82, 2.24) is 10.2 Å². The van der Waals surface area contributed by atoms with Crippen molar-refractivity contribution in [3.63, 3.8) is 0 Å². The van der Waals surface area contributed by atoms with Crippen LogP contribution in [0.15, 0.2) is 18.2 Å². The molecule has 1 aromatic carbocycles. The minimum atomic E-state index is -0.0666. The Morgan fingerprint density at radius 1 is 1.24 bits per heavy atom. The molecule has 0 saturated carbocycles. The normalized spacial score (nSPS) is 10.5. The van der Waals surface area contributed by atoms with Crippen LogP contribution < -0.4 is 10.1 Å². The predicted molar refractivity (Wildman–Crippen MR) is 82.9 cm³/mol. The lowest BCUT2D eigenvalue weighted by molar-refractivity contribution is -0.121. The minimum Gasteiger partial charge on any atom is -0.496 e. The van der Waals surface area contributed by atoms with E-state index >= 15 is 0 Å². The summed E-state index contributed by atoms with van der Waals surface area (Å²) in [5.74, 6) is 0.468. The van der Waals surface area contributed by atoms with Crippen LogP contribution in [0.1, 0.15) is 29.8 Å². The van der Waals surface area contributed by atoms with Gasteiger partial charge in [-0.2, -0.15) is 0 Å². The van der Waals surface area contributed by atoms with Gasteiger partial charge in [0, 0.05) is 6.54 Å². The Hall–Kier alpha value is -1.88. The summed E-state index contributed by atoms with van der Waals surface area (Å²) in [5, 5.41) is 2.74. The van der Waals surface area contributed by atoms with E-state index in [-0.39, 0.29) is 24.8 Å². The third-order valence-electron chi connectivity index (χ3n) is 3.21. The number of carbonyl (C=O) groups is 2. The van der Waals surface area contributed by atoms with Crippen molar-refractivity contribution in [2.24, 2.45) is 0 Å². The minimum absolute atomic E-state index is 0.0435. The first kappa shape index (κ1) is 17.2. The van der Waals surface area contributed by atoms with Gasteiger partial charge in [0.15, 0.2) is 5.78 Å². The predicted octanol–water partition coefficient (Wildman–Crippen LogP) is 1.64. The van der Waals surface area contributed by atoms with Crippen LogP contribution >= 0.6 is 0 Å². The third kappa shape index (κ3) is 5.19. The van der Waals surface area contributed by atoms with Crippen LogP contribution in [-0.2, 0) is 4.79 Å². The SMILES string of the molecule is CCNC(=O)CN(CC)CC(=O)c1ccc(C)cc1OC. The van der Waals surface area contributed by atoms with E-state index < -0.39 is 0 Å². The number of hydrogen-bond donors (Lipinski definition) is 1. The Morgan fingerprint density at radius 3 is 2.52 bits per heavy atom. The van der Waals surface area contributed by atoms with E-state index in [1.807, 2.05) is 37.8 Å². The molecule has 0 aliphatic carbocycles. The number of methoxy groups -OCH3 is 1. The van der Waals surface area contributed by atoms with Crippen molar-refractivity contribution in [3.05, 3.63) is 29.3 Å². The fourth-order valence-electron chi connectivity index (χ4n) is 2.05. The number of nitrogens with one attached hydrogen (secondary N) is 1. The Kier molecular flexibility index (Phi) is 6.88. The molecule has 1 rings (SSSR count). The maximum atomic E-state index is 12.4. The van der Waals surface area contributed by atoms with Crippen LogP contribution in [0.25, 0.3) is 0 Å². The van der Waals surface area contributed by atoms with Gasteiger partial charge in [-0.15, -0.1) is 0 Å². The molecule has 1 amide bonds. The van der Waals surface area contributed by atoms with Crippen molar-refractivity contribution >= 4 is 11.7 Å². The molecule has 5 heteroatoms. The average Bonchev–Trinajstić information content (AvgIpc) is 2.46. The van der Waals surface area contributed by atoms with E-state index in [9.17, 15) is 9.59 Å². The second-order valence-corrected chi connectivity index (χ2v) is 4.88. The maximum Gasteiger partial charge on any atom is 0.234 e. The molecule has 0 aromatic heterocycles. The van der Waals surface area contributed by atoms with E-state index in [0.29, 0.717) is 24.4 Å². The maximum absolute atomic E-state index is 12.4. The number of amides is 1. The van der Waals surface area contributed by atoms with Gasteiger partial charge in [0.1, 0.15) is 5.75 Å². The highest BCUT2D eigenvalue weighted by molar-refractivity contribution is 6.00. The quantitative estimate of drug-likeness (QED) is 0.740. The highest BCUT2D eigenvalue weighted by Crippen LogP contribution is 2.20. The number of ether oxygens (including phenoxy) is 1. The molecule has 0 heterocycles. The van der Waals surface area contributed by atoms with Crippen LogP contribution in [-0.4, -0.2) is 49.9 Å². The first-order valence-electron chi connectivity index (χ1n) is 7.18. The Labute approximate surface area is 126 Å². The standard InChI is InChI=1S/C16H24N2O3/c1-5-17-16(20)11-18(6-2)10-14(19)13-8-7-12(3)9-15(13)21-4/h7-9H,5-6,10-11H2,1-4H3,(H,17,20). The number of benzene rings is 1. The third-order valence-corrected chi connectivity index (χ3v) is 3.21. The Bertz CT molecular complexity index is 500. The zero-order valence-electron chi connectivity index (χ0n) is 13.2. The lowest BCUT2D eigenvalue weighted by Gasteiger charge is -2.19. The molecule has 0 aliphatic heterocycles. The fourth-order valence-corrected chi connectivity index (χ4v) is 2.05. The van der Waals surface area contributed by atoms with Crippen molar-refractivity contribution in [2.75, 3.05) is 33.3 Å². The Morgan fingerprint density at radius 2 is 1.95 bits per heavy atom. The molecule has 21 heavy (non-hydrogen) atoms. The van der Waals surface area contributed by atoms with E-state index in [0.717, 1.165) is 5.56 Å². The first-order valence-corrected chi connectivity index (χ1v) is 7.18. The van der Waals surface area contributed by atoms with E-state index in [2.05, 4.69) is 5.32 Å². The topological polar surface area (TPSA) is 58.6 Å². The molecule has 0 unspecified atom stereocenters. The molecule has 0 saturated heterocycles. The number of Topliss-reactive ketones (excluding diaryl/α,β-unsaturated/α-hetero) is 1. The second-order valence-electron chi connectivity index (χ2n) is 4.88. The van der Waals surface area contributed by atoms with Crippen LogP contribution in [0.2, 0.25) is 0 Å². The monoisotopic (exact) mass is 292 g/mol. The average molecular weight is 292 g/mol. The fraction of sp³-hybridized carbons (Fsp3) is 0.500. The second kappa shape index (κ2) is 8.42. The smallest absolute Gasteiger partial charge is 0.234 e. The summed E-state index contributed by atoms with van der Waals surface area (Å²) in [6.07, 6.45) is 0. The number of ketones is 1. The zero-order chi connectivity index (χ0) is 15.8. The lowest BCUT2D eigenvalue weighted by Crippen LogP contribution is -2.39. The summed E-state index contributed by atoms with van der Waals surface area (Å²) in [6, 6.07) is 5.50. The molecule has 0 radical (unpaired) electrons. The lowest BCUT2D eigenvalue weighted by atomic mass is 10.1. The van der Waals surface area contributed by atoms with Gasteiger partial charge in [0.05, 0.1) is 25.8 Å². The molecule has 0 bridgehead atoms. The molecule has 0 atom stereocenters. The van der Waals surface area contributed by atoms with Gasteiger partial charge in [-0.1, -0.05) is 13.0 Å². The number of aryl methyl sites for hydroxylation is 1.